The van der Waals surface area contributed by atoms with Crippen molar-refractivity contribution in [2.45, 2.75) is 13.5 Å². The maximum Gasteiger partial charge on any atom is 0.420 e. The van der Waals surface area contributed by atoms with E-state index in [-0.39, 0.29) is 12.1 Å². The van der Waals surface area contributed by atoms with E-state index < -0.39 is 5.76 Å². The number of aryl methyl sites for hydroxylation is 1. The smallest absolute Gasteiger partial charge is 0.408 e. The van der Waals surface area contributed by atoms with Crippen LogP contribution < -0.4 is 11.3 Å². The summed E-state index contributed by atoms with van der Waals surface area (Å²) in [6.45, 7) is 2.14. The maximum atomic E-state index is 12.1. The van der Waals surface area contributed by atoms with Crippen molar-refractivity contribution in [1.82, 2.24) is 14.0 Å². The summed E-state index contributed by atoms with van der Waals surface area (Å²) in [5.41, 5.74) is 3.14. The number of oxazole rings is 1. The van der Waals surface area contributed by atoms with Gasteiger partial charge >= 0.3 is 5.76 Å². The van der Waals surface area contributed by atoms with E-state index in [1.165, 1.54) is 15.0 Å². The molecule has 3 heterocycles. The highest BCUT2D eigenvalue weighted by Crippen LogP contribution is 2.15. The highest BCUT2D eigenvalue weighted by atomic mass is 16.4. The van der Waals surface area contributed by atoms with Crippen LogP contribution in [-0.2, 0) is 6.54 Å². The molecule has 114 valence electrons. The molecule has 6 nitrogen and oxygen atoms in total. The van der Waals surface area contributed by atoms with Crippen molar-refractivity contribution in [3.05, 3.63) is 80.8 Å². The van der Waals surface area contributed by atoms with Crippen molar-refractivity contribution in [2.24, 2.45) is 0 Å². The third-order valence-electron chi connectivity index (χ3n) is 3.77. The third kappa shape index (κ3) is 2.24. The average molecular weight is 307 g/mol. The third-order valence-corrected chi connectivity index (χ3v) is 3.77. The molecule has 1 aromatic carbocycles. The maximum absolute atomic E-state index is 12.1. The number of pyridine rings is 1. The zero-order valence-corrected chi connectivity index (χ0v) is 12.4. The largest absolute Gasteiger partial charge is 0.420 e. The van der Waals surface area contributed by atoms with Gasteiger partial charge in [-0.2, -0.15) is 0 Å². The van der Waals surface area contributed by atoms with Crippen LogP contribution in [0.25, 0.3) is 16.7 Å². The Bertz CT molecular complexity index is 1150. The van der Waals surface area contributed by atoms with Crippen LogP contribution in [0.2, 0.25) is 0 Å². The van der Waals surface area contributed by atoms with Gasteiger partial charge in [-0.1, -0.05) is 12.1 Å². The number of benzene rings is 1. The number of fused-ring (bicyclic) bond motifs is 2. The van der Waals surface area contributed by atoms with E-state index in [1.807, 2.05) is 25.1 Å². The van der Waals surface area contributed by atoms with Crippen LogP contribution >= 0.6 is 0 Å². The van der Waals surface area contributed by atoms with Gasteiger partial charge in [0, 0.05) is 12.3 Å². The molecule has 4 aromatic rings. The summed E-state index contributed by atoms with van der Waals surface area (Å²) in [4.78, 5) is 28.7. The Morgan fingerprint density at radius 1 is 1.13 bits per heavy atom. The van der Waals surface area contributed by atoms with Crippen LogP contribution in [0.15, 0.2) is 62.7 Å². The molecule has 23 heavy (non-hydrogen) atoms. The topological polar surface area (TPSA) is 69.5 Å². The minimum absolute atomic E-state index is 0.178. The second-order valence-corrected chi connectivity index (χ2v) is 5.44. The first-order valence-electron chi connectivity index (χ1n) is 7.19. The fourth-order valence-electron chi connectivity index (χ4n) is 2.67. The van der Waals surface area contributed by atoms with Crippen LogP contribution in [0, 0.1) is 6.92 Å². The molecule has 0 spiro atoms. The summed E-state index contributed by atoms with van der Waals surface area (Å²) in [5.74, 6) is -0.458. The highest BCUT2D eigenvalue weighted by Gasteiger charge is 2.11. The second kappa shape index (κ2) is 4.95. The number of nitrogens with zero attached hydrogens (tertiary/aromatic N) is 3. The average Bonchev–Trinajstić information content (AvgIpc) is 2.83. The van der Waals surface area contributed by atoms with E-state index in [2.05, 4.69) is 4.98 Å². The van der Waals surface area contributed by atoms with Gasteiger partial charge in [0.25, 0.3) is 5.56 Å². The molecule has 0 aliphatic carbocycles. The van der Waals surface area contributed by atoms with Gasteiger partial charge < -0.3 is 4.42 Å². The minimum atomic E-state index is -0.458. The molecule has 0 aliphatic rings. The fraction of sp³-hybridized carbons (Fsp3) is 0.118. The summed E-state index contributed by atoms with van der Waals surface area (Å²) in [6.07, 6.45) is 1.66. The molecule has 0 amide bonds. The van der Waals surface area contributed by atoms with Gasteiger partial charge in [-0.15, -0.1) is 0 Å². The summed E-state index contributed by atoms with van der Waals surface area (Å²) in [7, 11) is 0. The van der Waals surface area contributed by atoms with E-state index in [9.17, 15) is 9.59 Å². The van der Waals surface area contributed by atoms with Crippen molar-refractivity contribution in [1.29, 1.82) is 0 Å². The van der Waals surface area contributed by atoms with Gasteiger partial charge in [-0.05, 0) is 36.8 Å². The molecular weight excluding hydrogens is 294 g/mol. The van der Waals surface area contributed by atoms with Crippen molar-refractivity contribution in [2.75, 3.05) is 0 Å². The Kier molecular flexibility index (Phi) is 2.90. The lowest BCUT2D eigenvalue weighted by molar-refractivity contribution is 0.516. The van der Waals surface area contributed by atoms with Gasteiger partial charge in [-0.25, -0.2) is 9.78 Å². The Hall–Kier alpha value is -3.15. The van der Waals surface area contributed by atoms with Gasteiger partial charge in [0.2, 0.25) is 0 Å². The van der Waals surface area contributed by atoms with E-state index in [4.69, 9.17) is 4.42 Å². The standard InChI is InChI=1S/C17H13N3O3/c1-11-5-6-14-13(8-11)20(17(22)23-14)10-12-9-16(21)19-7-3-2-4-15(19)18-12/h2-9H,10H2,1H3. The summed E-state index contributed by atoms with van der Waals surface area (Å²) < 4.78 is 8.19. The predicted molar refractivity (Wildman–Crippen MR) is 85.8 cm³/mol. The minimum Gasteiger partial charge on any atom is -0.408 e. The van der Waals surface area contributed by atoms with Gasteiger partial charge in [0.1, 0.15) is 5.65 Å². The van der Waals surface area contributed by atoms with E-state index >= 15 is 0 Å². The zero-order valence-electron chi connectivity index (χ0n) is 12.4. The van der Waals surface area contributed by atoms with E-state index in [1.54, 1.807) is 24.4 Å². The lowest BCUT2D eigenvalue weighted by atomic mass is 10.2. The molecule has 0 bridgehead atoms. The summed E-state index contributed by atoms with van der Waals surface area (Å²) in [6, 6.07) is 12.3. The Labute approximate surface area is 130 Å². The second-order valence-electron chi connectivity index (χ2n) is 5.44. The van der Waals surface area contributed by atoms with Crippen molar-refractivity contribution >= 4 is 16.7 Å². The lowest BCUT2D eigenvalue weighted by Crippen LogP contribution is -2.20. The quantitative estimate of drug-likeness (QED) is 0.567. The molecule has 3 aromatic heterocycles. The zero-order chi connectivity index (χ0) is 16.0. The van der Waals surface area contributed by atoms with Crippen LogP contribution in [0.5, 0.6) is 0 Å². The molecule has 0 radical (unpaired) electrons. The number of hydrogen-bond donors (Lipinski definition) is 0. The number of aromatic nitrogens is 3. The van der Waals surface area contributed by atoms with Crippen LogP contribution in [0.3, 0.4) is 0 Å². The lowest BCUT2D eigenvalue weighted by Gasteiger charge is -2.05. The van der Waals surface area contributed by atoms with E-state index in [0.717, 1.165) is 5.56 Å². The van der Waals surface area contributed by atoms with Crippen LogP contribution in [-0.4, -0.2) is 14.0 Å². The van der Waals surface area contributed by atoms with Gasteiger partial charge in [0.15, 0.2) is 5.58 Å². The Balaban J connectivity index is 1.88. The molecular formula is C17H13N3O3. The molecule has 0 N–H and O–H groups in total. The molecule has 4 rings (SSSR count). The van der Waals surface area contributed by atoms with Gasteiger partial charge in [0.05, 0.1) is 17.8 Å². The Morgan fingerprint density at radius 2 is 2.00 bits per heavy atom. The molecule has 0 aliphatic heterocycles. The first-order chi connectivity index (χ1) is 11.1. The molecule has 0 unspecified atom stereocenters. The monoisotopic (exact) mass is 307 g/mol. The van der Waals surface area contributed by atoms with Crippen molar-refractivity contribution in [3.63, 3.8) is 0 Å². The molecule has 0 saturated carbocycles. The van der Waals surface area contributed by atoms with Crippen LogP contribution in [0.1, 0.15) is 11.3 Å². The van der Waals surface area contributed by atoms with Crippen molar-refractivity contribution in [3.8, 4) is 0 Å². The van der Waals surface area contributed by atoms with E-state index in [0.29, 0.717) is 22.4 Å². The highest BCUT2D eigenvalue weighted by molar-refractivity contribution is 5.73. The molecule has 0 fully saturated rings. The molecule has 0 atom stereocenters. The normalized spacial score (nSPS) is 11.3. The summed E-state index contributed by atoms with van der Waals surface area (Å²) >= 11 is 0. The first-order valence-corrected chi connectivity index (χ1v) is 7.19. The van der Waals surface area contributed by atoms with Crippen molar-refractivity contribution < 1.29 is 4.42 Å². The van der Waals surface area contributed by atoms with Gasteiger partial charge in [-0.3, -0.25) is 13.8 Å². The first kappa shape index (κ1) is 13.5. The SMILES string of the molecule is Cc1ccc2oc(=O)n(Cc3cc(=O)n4ccccc4n3)c2c1. The Morgan fingerprint density at radius 3 is 2.87 bits per heavy atom. The summed E-state index contributed by atoms with van der Waals surface area (Å²) in [5, 5.41) is 0. The fourth-order valence-corrected chi connectivity index (χ4v) is 2.67. The number of rotatable bonds is 2. The molecule has 6 heteroatoms. The molecule has 0 saturated heterocycles. The predicted octanol–water partition coefficient (Wildman–Crippen LogP) is 1.96. The van der Waals surface area contributed by atoms with Crippen LogP contribution in [0.4, 0.5) is 0 Å². The number of hydrogen-bond acceptors (Lipinski definition) is 4.